The Bertz CT molecular complexity index is 533. The molecule has 4 saturated carbocycles. The lowest BCUT2D eigenvalue weighted by Crippen LogP contribution is -2.47. The zero-order valence-electron chi connectivity index (χ0n) is 12.6. The molecule has 4 heteroatoms. The predicted molar refractivity (Wildman–Crippen MR) is 82.1 cm³/mol. The van der Waals surface area contributed by atoms with Crippen molar-refractivity contribution in [1.82, 2.24) is 14.8 Å². The maximum Gasteiger partial charge on any atom is 0.195 e. The molecule has 0 aliphatic heterocycles. The van der Waals surface area contributed by atoms with Gasteiger partial charge < -0.3 is 4.57 Å². The van der Waals surface area contributed by atoms with Crippen LogP contribution in [0, 0.1) is 27.9 Å². The van der Waals surface area contributed by atoms with Gasteiger partial charge in [0.2, 0.25) is 0 Å². The average Bonchev–Trinajstić information content (AvgIpc) is 2.67. The summed E-state index contributed by atoms with van der Waals surface area (Å²) in [5.74, 6) is 4.23. The lowest BCUT2D eigenvalue weighted by Gasteiger charge is -2.56. The third kappa shape index (κ3) is 1.99. The second kappa shape index (κ2) is 4.43. The molecule has 0 aromatic carbocycles. The Morgan fingerprint density at radius 2 is 1.75 bits per heavy atom. The maximum atomic E-state index is 5.40. The van der Waals surface area contributed by atoms with Crippen molar-refractivity contribution < 1.29 is 0 Å². The van der Waals surface area contributed by atoms with Crippen molar-refractivity contribution in [2.24, 2.45) is 23.2 Å². The summed E-state index contributed by atoms with van der Waals surface area (Å²) in [5.41, 5.74) is 0.544. The second-order valence-electron chi connectivity index (χ2n) is 8.00. The van der Waals surface area contributed by atoms with Gasteiger partial charge in [0.05, 0.1) is 0 Å². The number of hydrogen-bond acceptors (Lipinski definition) is 2. The van der Waals surface area contributed by atoms with Gasteiger partial charge in [-0.25, -0.2) is 0 Å². The van der Waals surface area contributed by atoms with Crippen LogP contribution in [-0.4, -0.2) is 14.8 Å². The molecule has 20 heavy (non-hydrogen) atoms. The summed E-state index contributed by atoms with van der Waals surface area (Å²) in [7, 11) is 0. The fourth-order valence-corrected chi connectivity index (χ4v) is 6.20. The van der Waals surface area contributed by atoms with Gasteiger partial charge in [0.1, 0.15) is 5.82 Å². The molecule has 0 radical (unpaired) electrons. The Morgan fingerprint density at radius 3 is 2.25 bits per heavy atom. The number of hydrogen-bond donors (Lipinski definition) is 1. The molecule has 1 aromatic rings. The number of nitrogens with one attached hydrogen (secondary N) is 1. The summed E-state index contributed by atoms with van der Waals surface area (Å²) in [6.07, 6.45) is 9.99. The Labute approximate surface area is 126 Å². The van der Waals surface area contributed by atoms with Crippen LogP contribution in [0.4, 0.5) is 0 Å². The maximum absolute atomic E-state index is 5.40. The molecule has 0 saturated heterocycles. The van der Waals surface area contributed by atoms with E-state index in [9.17, 15) is 0 Å². The first kappa shape index (κ1) is 13.1. The quantitative estimate of drug-likeness (QED) is 0.843. The van der Waals surface area contributed by atoms with Gasteiger partial charge in [-0.05, 0) is 87.8 Å². The molecule has 4 aliphatic carbocycles. The first-order valence-corrected chi connectivity index (χ1v) is 8.61. The van der Waals surface area contributed by atoms with Gasteiger partial charge in [0, 0.05) is 12.5 Å². The molecule has 4 fully saturated rings. The monoisotopic (exact) mass is 291 g/mol. The van der Waals surface area contributed by atoms with Crippen molar-refractivity contribution in [2.45, 2.75) is 64.8 Å². The molecule has 4 aliphatic rings. The Hall–Kier alpha value is -0.640. The van der Waals surface area contributed by atoms with Gasteiger partial charge >= 0.3 is 0 Å². The van der Waals surface area contributed by atoms with E-state index in [4.69, 9.17) is 12.2 Å². The lowest BCUT2D eigenvalue weighted by molar-refractivity contribution is -0.0536. The molecule has 1 aromatic heterocycles. The molecular weight excluding hydrogens is 266 g/mol. The molecule has 110 valence electrons. The zero-order chi connectivity index (χ0) is 13.9. The fourth-order valence-electron chi connectivity index (χ4n) is 5.84. The van der Waals surface area contributed by atoms with Crippen LogP contribution in [0.5, 0.6) is 0 Å². The topological polar surface area (TPSA) is 33.6 Å². The molecule has 4 bridgehead atoms. The van der Waals surface area contributed by atoms with Crippen molar-refractivity contribution >= 4 is 12.2 Å². The van der Waals surface area contributed by atoms with E-state index >= 15 is 0 Å². The fraction of sp³-hybridized carbons (Fsp3) is 0.875. The summed E-state index contributed by atoms with van der Waals surface area (Å²) in [6.45, 7) is 4.41. The zero-order valence-corrected chi connectivity index (χ0v) is 13.4. The molecule has 1 heterocycles. The van der Waals surface area contributed by atoms with Crippen LogP contribution in [0.25, 0.3) is 0 Å². The van der Waals surface area contributed by atoms with Gasteiger partial charge in [0.15, 0.2) is 4.77 Å². The van der Waals surface area contributed by atoms with Crippen LogP contribution in [0.15, 0.2) is 0 Å². The minimum absolute atomic E-state index is 0.408. The van der Waals surface area contributed by atoms with E-state index in [-0.39, 0.29) is 0 Å². The predicted octanol–water partition coefficient (Wildman–Crippen LogP) is 4.28. The third-order valence-corrected chi connectivity index (χ3v) is 6.28. The summed E-state index contributed by atoms with van der Waals surface area (Å²) in [5, 5.41) is 7.58. The van der Waals surface area contributed by atoms with Crippen molar-refractivity contribution in [1.29, 1.82) is 0 Å². The smallest absolute Gasteiger partial charge is 0.195 e. The van der Waals surface area contributed by atoms with E-state index in [2.05, 4.69) is 28.6 Å². The summed E-state index contributed by atoms with van der Waals surface area (Å²) >= 11 is 5.40. The Kier molecular flexibility index (Phi) is 2.89. The van der Waals surface area contributed by atoms with E-state index in [1.165, 1.54) is 44.3 Å². The van der Waals surface area contributed by atoms with Crippen molar-refractivity contribution in [3.63, 3.8) is 0 Å². The van der Waals surface area contributed by atoms with Crippen molar-refractivity contribution in [2.75, 3.05) is 0 Å². The van der Waals surface area contributed by atoms with Gasteiger partial charge in [0.25, 0.3) is 0 Å². The van der Waals surface area contributed by atoms with E-state index in [0.29, 0.717) is 11.5 Å². The van der Waals surface area contributed by atoms with Crippen LogP contribution < -0.4 is 0 Å². The normalized spacial score (nSPS) is 38.9. The molecule has 5 rings (SSSR count). The molecular formula is C16H25N3S. The van der Waals surface area contributed by atoms with Crippen LogP contribution in [0.2, 0.25) is 0 Å². The highest BCUT2D eigenvalue weighted by molar-refractivity contribution is 7.71. The lowest BCUT2D eigenvalue weighted by atomic mass is 9.49. The minimum atomic E-state index is 0.408. The molecule has 0 amide bonds. The first-order chi connectivity index (χ1) is 9.55. The number of H-pyrrole nitrogens is 1. The Morgan fingerprint density at radius 1 is 1.20 bits per heavy atom. The standard InChI is InChI=1S/C16H25N3S/c1-10(2)19-14(17-18-15(19)20)9-16-6-11-3-12(7-16)5-13(4-11)8-16/h10-13H,3-9H2,1-2H3,(H,18,20). The van der Waals surface area contributed by atoms with Gasteiger partial charge in [-0.3, -0.25) is 5.10 Å². The molecule has 0 unspecified atom stereocenters. The minimum Gasteiger partial charge on any atom is -0.302 e. The van der Waals surface area contributed by atoms with E-state index in [1.807, 2.05) is 0 Å². The van der Waals surface area contributed by atoms with Crippen molar-refractivity contribution in [3.8, 4) is 0 Å². The number of nitrogens with zero attached hydrogens (tertiary/aromatic N) is 2. The van der Waals surface area contributed by atoms with E-state index < -0.39 is 0 Å². The van der Waals surface area contributed by atoms with E-state index in [0.717, 1.165) is 28.9 Å². The van der Waals surface area contributed by atoms with Gasteiger partial charge in [-0.1, -0.05) is 0 Å². The summed E-state index contributed by atoms with van der Waals surface area (Å²) in [6, 6.07) is 0.408. The van der Waals surface area contributed by atoms with Crippen LogP contribution in [-0.2, 0) is 6.42 Å². The number of rotatable bonds is 3. The molecule has 1 N–H and O–H groups in total. The van der Waals surface area contributed by atoms with Gasteiger partial charge in [-0.2, -0.15) is 5.10 Å². The van der Waals surface area contributed by atoms with Crippen LogP contribution in [0.1, 0.15) is 64.2 Å². The molecule has 0 spiro atoms. The number of aromatic nitrogens is 3. The van der Waals surface area contributed by atoms with Crippen molar-refractivity contribution in [3.05, 3.63) is 10.6 Å². The highest BCUT2D eigenvalue weighted by Gasteiger charge is 2.51. The molecule has 3 nitrogen and oxygen atoms in total. The average molecular weight is 291 g/mol. The SMILES string of the molecule is CC(C)n1c(CC23CC4CC(CC(C4)C2)C3)n[nH]c1=S. The Balaban J connectivity index is 1.65. The first-order valence-electron chi connectivity index (χ1n) is 8.20. The van der Waals surface area contributed by atoms with Crippen LogP contribution in [0.3, 0.4) is 0 Å². The molecule has 0 atom stereocenters. The van der Waals surface area contributed by atoms with Gasteiger partial charge in [-0.15, -0.1) is 0 Å². The number of aromatic amines is 1. The van der Waals surface area contributed by atoms with Crippen LogP contribution >= 0.6 is 12.2 Å². The third-order valence-electron chi connectivity index (χ3n) is 5.99. The van der Waals surface area contributed by atoms with E-state index in [1.54, 1.807) is 0 Å². The highest BCUT2D eigenvalue weighted by atomic mass is 32.1. The summed E-state index contributed by atoms with van der Waals surface area (Å²) in [4.78, 5) is 0. The second-order valence-corrected chi connectivity index (χ2v) is 8.39. The summed E-state index contributed by atoms with van der Waals surface area (Å²) < 4.78 is 3.02. The highest BCUT2D eigenvalue weighted by Crippen LogP contribution is 2.60. The largest absolute Gasteiger partial charge is 0.302 e.